The summed E-state index contributed by atoms with van der Waals surface area (Å²) in [5.74, 6) is 0.414. The molecule has 1 aliphatic rings. The Morgan fingerprint density at radius 1 is 1.38 bits per heavy atom. The molecule has 1 amide bonds. The van der Waals surface area contributed by atoms with Gasteiger partial charge in [-0.05, 0) is 52.4 Å². The van der Waals surface area contributed by atoms with Gasteiger partial charge in [0, 0.05) is 14.1 Å². The van der Waals surface area contributed by atoms with E-state index >= 15 is 0 Å². The van der Waals surface area contributed by atoms with Crippen molar-refractivity contribution in [3.8, 4) is 0 Å². The zero-order chi connectivity index (χ0) is 12.2. The van der Waals surface area contributed by atoms with Crippen LogP contribution in [0.2, 0.25) is 0 Å². The Morgan fingerprint density at radius 2 is 1.94 bits per heavy atom. The number of aliphatic hydroxyl groups is 1. The van der Waals surface area contributed by atoms with Crippen molar-refractivity contribution in [1.29, 1.82) is 0 Å². The highest BCUT2D eigenvalue weighted by Crippen LogP contribution is 2.23. The van der Waals surface area contributed by atoms with Gasteiger partial charge in [0.05, 0.1) is 0 Å². The topological polar surface area (TPSA) is 58.6 Å². The van der Waals surface area contributed by atoms with Crippen LogP contribution in [0.5, 0.6) is 0 Å². The summed E-state index contributed by atoms with van der Waals surface area (Å²) >= 11 is 0. The van der Waals surface area contributed by atoms with Crippen LogP contribution in [0.1, 0.15) is 47.9 Å². The molecule has 0 radical (unpaired) electrons. The molecule has 0 atom stereocenters. The van der Waals surface area contributed by atoms with Crippen LogP contribution in [0.3, 0.4) is 0 Å². The van der Waals surface area contributed by atoms with E-state index < -0.39 is 5.60 Å². The van der Waals surface area contributed by atoms with E-state index in [0.717, 1.165) is 25.7 Å². The number of hydrogen-bond acceptors (Lipinski definition) is 3. The van der Waals surface area contributed by atoms with Gasteiger partial charge >= 0.3 is 6.09 Å². The van der Waals surface area contributed by atoms with E-state index in [1.165, 1.54) is 0 Å². The van der Waals surface area contributed by atoms with Crippen molar-refractivity contribution in [2.24, 2.45) is 5.92 Å². The average molecular weight is 231 g/mol. The Balaban J connectivity index is 0.00000256. The molecule has 0 unspecified atom stereocenters. The monoisotopic (exact) mass is 231 g/mol. The molecule has 4 heteroatoms. The van der Waals surface area contributed by atoms with Gasteiger partial charge in [-0.1, -0.05) is 0 Å². The Morgan fingerprint density at radius 3 is 2.38 bits per heavy atom. The van der Waals surface area contributed by atoms with E-state index in [9.17, 15) is 4.79 Å². The summed E-state index contributed by atoms with van der Waals surface area (Å²) in [5.41, 5.74) is -0.438. The van der Waals surface area contributed by atoms with Crippen molar-refractivity contribution >= 4 is 6.09 Å². The first-order valence-electron chi connectivity index (χ1n) is 6.01. The SMILES string of the molecule is CC(C)(C)OC(=O)NC1CCC(CO)CC1.[HH]. The molecule has 0 aliphatic heterocycles. The highest BCUT2D eigenvalue weighted by Gasteiger charge is 2.24. The molecule has 0 bridgehead atoms. The fourth-order valence-electron chi connectivity index (χ4n) is 1.96. The summed E-state index contributed by atoms with van der Waals surface area (Å²) in [6.07, 6.45) is 3.50. The largest absolute Gasteiger partial charge is 0.444 e. The third kappa shape index (κ3) is 4.84. The van der Waals surface area contributed by atoms with Gasteiger partial charge in [-0.15, -0.1) is 0 Å². The van der Waals surface area contributed by atoms with Gasteiger partial charge in [0.15, 0.2) is 0 Å². The number of nitrogens with one attached hydrogen (secondary N) is 1. The molecule has 0 aromatic heterocycles. The van der Waals surface area contributed by atoms with E-state index in [0.29, 0.717) is 5.92 Å². The zero-order valence-electron chi connectivity index (χ0n) is 10.5. The quantitative estimate of drug-likeness (QED) is 0.766. The van der Waals surface area contributed by atoms with Crippen LogP contribution in [0.25, 0.3) is 0 Å². The third-order valence-electron chi connectivity index (χ3n) is 2.83. The zero-order valence-corrected chi connectivity index (χ0v) is 10.5. The van der Waals surface area contributed by atoms with Crippen molar-refractivity contribution < 1.29 is 16.1 Å². The summed E-state index contributed by atoms with van der Waals surface area (Å²) in [6, 6.07) is 0.206. The smallest absolute Gasteiger partial charge is 0.407 e. The van der Waals surface area contributed by atoms with E-state index in [-0.39, 0.29) is 20.2 Å². The number of carbonyl (C=O) groups is 1. The molecule has 96 valence electrons. The van der Waals surface area contributed by atoms with Gasteiger partial charge < -0.3 is 15.2 Å². The average Bonchev–Trinajstić information content (AvgIpc) is 2.16. The first-order valence-corrected chi connectivity index (χ1v) is 6.01. The maximum Gasteiger partial charge on any atom is 0.407 e. The molecule has 0 aromatic rings. The fraction of sp³-hybridized carbons (Fsp3) is 0.917. The van der Waals surface area contributed by atoms with Crippen LogP contribution in [-0.2, 0) is 4.74 Å². The lowest BCUT2D eigenvalue weighted by molar-refractivity contribution is 0.0482. The summed E-state index contributed by atoms with van der Waals surface area (Å²) in [7, 11) is 0. The standard InChI is InChI=1S/C12H23NO3.H2/c1-12(2,3)16-11(15)13-10-6-4-9(8-14)5-7-10;/h9-10,14H,4-8H2,1-3H3,(H,13,15);1H. The number of aliphatic hydroxyl groups excluding tert-OH is 1. The third-order valence-corrected chi connectivity index (χ3v) is 2.83. The van der Waals surface area contributed by atoms with Crippen LogP contribution in [-0.4, -0.2) is 29.4 Å². The Hall–Kier alpha value is -0.770. The van der Waals surface area contributed by atoms with Crippen molar-refractivity contribution in [2.75, 3.05) is 6.61 Å². The van der Waals surface area contributed by atoms with E-state index in [1.54, 1.807) is 0 Å². The van der Waals surface area contributed by atoms with Crippen LogP contribution < -0.4 is 5.32 Å². The second-order valence-electron chi connectivity index (χ2n) is 5.55. The number of alkyl carbamates (subject to hydrolysis) is 1. The normalized spacial score (nSPS) is 26.2. The molecule has 0 heterocycles. The second kappa shape index (κ2) is 5.53. The van der Waals surface area contributed by atoms with Crippen molar-refractivity contribution in [3.63, 3.8) is 0 Å². The maximum atomic E-state index is 11.5. The number of hydrogen-bond donors (Lipinski definition) is 2. The van der Waals surface area contributed by atoms with Gasteiger partial charge in [-0.3, -0.25) is 0 Å². The summed E-state index contributed by atoms with van der Waals surface area (Å²) in [4.78, 5) is 11.5. The van der Waals surface area contributed by atoms with E-state index in [4.69, 9.17) is 9.84 Å². The minimum absolute atomic E-state index is 0. The van der Waals surface area contributed by atoms with Gasteiger partial charge in [0.2, 0.25) is 0 Å². The summed E-state index contributed by atoms with van der Waals surface area (Å²) < 4.78 is 5.19. The van der Waals surface area contributed by atoms with Crippen LogP contribution >= 0.6 is 0 Å². The van der Waals surface area contributed by atoms with Crippen molar-refractivity contribution in [1.82, 2.24) is 5.32 Å². The highest BCUT2D eigenvalue weighted by atomic mass is 16.6. The lowest BCUT2D eigenvalue weighted by atomic mass is 9.87. The minimum atomic E-state index is -0.438. The van der Waals surface area contributed by atoms with Gasteiger partial charge in [-0.2, -0.15) is 0 Å². The molecule has 1 aliphatic carbocycles. The Bertz CT molecular complexity index is 232. The predicted octanol–water partition coefficient (Wildman–Crippen LogP) is 2.31. The molecule has 2 N–H and O–H groups in total. The summed E-state index contributed by atoms with van der Waals surface area (Å²) in [5, 5.41) is 11.9. The van der Waals surface area contributed by atoms with Crippen molar-refractivity contribution in [2.45, 2.75) is 58.1 Å². The Kier molecular flexibility index (Phi) is 4.59. The molecule has 0 saturated heterocycles. The lowest BCUT2D eigenvalue weighted by Gasteiger charge is -2.29. The molecule has 0 spiro atoms. The molecule has 16 heavy (non-hydrogen) atoms. The number of rotatable bonds is 2. The second-order valence-corrected chi connectivity index (χ2v) is 5.55. The maximum absolute atomic E-state index is 11.5. The van der Waals surface area contributed by atoms with Gasteiger partial charge in [0.25, 0.3) is 0 Å². The van der Waals surface area contributed by atoms with Crippen LogP contribution in [0, 0.1) is 5.92 Å². The minimum Gasteiger partial charge on any atom is -0.444 e. The van der Waals surface area contributed by atoms with E-state index in [1.807, 2.05) is 20.8 Å². The molecular formula is C12H25NO3. The molecule has 0 aromatic carbocycles. The van der Waals surface area contributed by atoms with Gasteiger partial charge in [-0.25, -0.2) is 4.79 Å². The van der Waals surface area contributed by atoms with Crippen LogP contribution in [0.15, 0.2) is 0 Å². The molecule has 1 fully saturated rings. The Labute approximate surface area is 98.9 Å². The number of ether oxygens (including phenoxy) is 1. The number of amides is 1. The highest BCUT2D eigenvalue weighted by molar-refractivity contribution is 5.68. The number of carbonyl (C=O) groups excluding carboxylic acids is 1. The predicted molar refractivity (Wildman–Crippen MR) is 64.3 cm³/mol. The first kappa shape index (κ1) is 13.3. The fourth-order valence-corrected chi connectivity index (χ4v) is 1.96. The summed E-state index contributed by atoms with van der Waals surface area (Å²) in [6.45, 7) is 5.83. The van der Waals surface area contributed by atoms with Crippen LogP contribution in [0.4, 0.5) is 4.79 Å². The van der Waals surface area contributed by atoms with Crippen molar-refractivity contribution in [3.05, 3.63) is 0 Å². The molecule has 4 nitrogen and oxygen atoms in total. The first-order chi connectivity index (χ1) is 7.40. The lowest BCUT2D eigenvalue weighted by Crippen LogP contribution is -2.41. The van der Waals surface area contributed by atoms with E-state index in [2.05, 4.69) is 5.32 Å². The van der Waals surface area contributed by atoms with Gasteiger partial charge in [0.1, 0.15) is 5.60 Å². The molecule has 1 saturated carbocycles. The molecule has 1 rings (SSSR count). The molecular weight excluding hydrogens is 206 g/mol.